The minimum atomic E-state index is -5.84. The fraction of sp³-hybridized carbons (Fsp3) is 0.0556. The van der Waals surface area contributed by atoms with Crippen LogP contribution in [0, 0.1) is 5.41 Å². The zero-order valence-electron chi connectivity index (χ0n) is 14.7. The van der Waals surface area contributed by atoms with Crippen molar-refractivity contribution >= 4 is 38.1 Å². The maximum absolute atomic E-state index is 10.7. The highest BCUT2D eigenvalue weighted by Gasteiger charge is 2.44. The molecule has 0 fully saturated rings. The third-order valence-corrected chi connectivity index (χ3v) is 4.96. The van der Waals surface area contributed by atoms with Gasteiger partial charge in [0.1, 0.15) is 5.00 Å². The van der Waals surface area contributed by atoms with Gasteiger partial charge in [-0.25, -0.2) is 0 Å². The Labute approximate surface area is 169 Å². The lowest BCUT2D eigenvalue weighted by molar-refractivity contribution is -0.0510. The molecule has 0 aliphatic heterocycles. The van der Waals surface area contributed by atoms with Crippen LogP contribution in [0.15, 0.2) is 72.1 Å². The molecule has 0 aliphatic rings. The van der Waals surface area contributed by atoms with Crippen molar-refractivity contribution in [2.45, 2.75) is 5.51 Å². The highest BCUT2D eigenvalue weighted by atomic mass is 32.2. The zero-order valence-corrected chi connectivity index (χ0v) is 16.3. The monoisotopic (exact) mass is 443 g/mol. The van der Waals surface area contributed by atoms with Gasteiger partial charge in [-0.05, 0) is 29.3 Å². The lowest BCUT2D eigenvalue weighted by atomic mass is 10.1. The third kappa shape index (κ3) is 6.04. The predicted molar refractivity (Wildman–Crippen MR) is 108 cm³/mol. The van der Waals surface area contributed by atoms with Crippen molar-refractivity contribution in [2.75, 3.05) is 4.90 Å². The highest BCUT2D eigenvalue weighted by Crippen LogP contribution is 2.35. The van der Waals surface area contributed by atoms with Crippen LogP contribution in [0.1, 0.15) is 0 Å². The molecule has 0 radical (unpaired) electrons. The SMILES string of the molecule is N=C(N)N(c1ccccc1)c1cc(-c2ccccc2)cs1.O=S(=O)(O)C(F)(F)F. The zero-order chi connectivity index (χ0) is 21.7. The van der Waals surface area contributed by atoms with Gasteiger partial charge in [-0.3, -0.25) is 14.9 Å². The minimum absolute atomic E-state index is 0.0164. The summed E-state index contributed by atoms with van der Waals surface area (Å²) in [7, 11) is -5.84. The number of hydrogen-bond acceptors (Lipinski definition) is 4. The Morgan fingerprint density at radius 2 is 1.48 bits per heavy atom. The Morgan fingerprint density at radius 3 is 1.93 bits per heavy atom. The predicted octanol–water partition coefficient (Wildman–Crippen LogP) is 4.84. The second-order valence-electron chi connectivity index (χ2n) is 5.52. The molecule has 0 amide bonds. The van der Waals surface area contributed by atoms with E-state index in [-0.39, 0.29) is 5.96 Å². The van der Waals surface area contributed by atoms with Gasteiger partial charge in [0.15, 0.2) is 5.96 Å². The standard InChI is InChI=1S/C17H15N3S.CHF3O3S/c18-17(19)20(15-9-5-2-6-10-15)16-11-14(12-21-16)13-7-3-1-4-8-13;2-1(3,4)8(5,6)7/h1-12H,(H3,18,19);(H,5,6,7). The second kappa shape index (κ2) is 9.07. The molecule has 0 spiro atoms. The van der Waals surface area contributed by atoms with E-state index in [1.807, 2.05) is 48.5 Å². The number of para-hydroxylation sites is 1. The first-order valence-corrected chi connectivity index (χ1v) is 10.2. The van der Waals surface area contributed by atoms with Crippen LogP contribution >= 0.6 is 11.3 Å². The van der Waals surface area contributed by atoms with E-state index in [0.717, 1.165) is 21.8 Å². The average Bonchev–Trinajstić information content (AvgIpc) is 3.12. The third-order valence-electron chi connectivity index (χ3n) is 3.46. The van der Waals surface area contributed by atoms with Crippen LogP contribution in [0.5, 0.6) is 0 Å². The van der Waals surface area contributed by atoms with E-state index >= 15 is 0 Å². The molecular weight excluding hydrogens is 427 g/mol. The number of nitrogens with one attached hydrogen (secondary N) is 1. The van der Waals surface area contributed by atoms with Crippen LogP contribution < -0.4 is 10.6 Å². The quantitative estimate of drug-likeness (QED) is 0.232. The van der Waals surface area contributed by atoms with Crippen molar-refractivity contribution in [2.24, 2.45) is 5.73 Å². The largest absolute Gasteiger partial charge is 0.522 e. The molecule has 6 nitrogen and oxygen atoms in total. The first kappa shape index (κ1) is 22.4. The Hall–Kier alpha value is -2.89. The number of benzene rings is 2. The summed E-state index contributed by atoms with van der Waals surface area (Å²) < 4.78 is 57.5. The summed E-state index contributed by atoms with van der Waals surface area (Å²) in [4.78, 5) is 1.75. The van der Waals surface area contributed by atoms with Gasteiger partial charge in [0.05, 0.1) is 0 Å². The number of alkyl halides is 3. The van der Waals surface area contributed by atoms with Gasteiger partial charge in [0, 0.05) is 11.1 Å². The molecule has 2 aromatic carbocycles. The van der Waals surface area contributed by atoms with Crippen molar-refractivity contribution in [3.8, 4) is 11.1 Å². The lowest BCUT2D eigenvalue weighted by Gasteiger charge is -2.20. The maximum atomic E-state index is 10.7. The van der Waals surface area contributed by atoms with Crippen LogP contribution in [-0.2, 0) is 10.1 Å². The summed E-state index contributed by atoms with van der Waals surface area (Å²) >= 11 is 1.58. The molecule has 154 valence electrons. The van der Waals surface area contributed by atoms with E-state index in [0.29, 0.717) is 0 Å². The Morgan fingerprint density at radius 1 is 1.00 bits per heavy atom. The second-order valence-corrected chi connectivity index (χ2v) is 7.82. The van der Waals surface area contributed by atoms with Crippen molar-refractivity contribution in [1.29, 1.82) is 5.41 Å². The number of nitrogens with two attached hydrogens (primary N) is 1. The molecule has 4 N–H and O–H groups in total. The normalized spacial score (nSPS) is 11.3. The minimum Gasteiger partial charge on any atom is -0.369 e. The van der Waals surface area contributed by atoms with E-state index in [1.165, 1.54) is 0 Å². The Kier molecular flexibility index (Phi) is 7.01. The van der Waals surface area contributed by atoms with Gasteiger partial charge in [-0.1, -0.05) is 48.5 Å². The van der Waals surface area contributed by atoms with Crippen LogP contribution in [-0.4, -0.2) is 24.4 Å². The number of nitrogens with zero attached hydrogens (tertiary/aromatic N) is 1. The van der Waals surface area contributed by atoms with Gasteiger partial charge >= 0.3 is 15.6 Å². The number of rotatable bonds is 3. The molecule has 3 rings (SSSR count). The van der Waals surface area contributed by atoms with E-state index < -0.39 is 15.6 Å². The maximum Gasteiger partial charge on any atom is 0.522 e. The van der Waals surface area contributed by atoms with Gasteiger partial charge in [-0.15, -0.1) is 11.3 Å². The molecule has 0 saturated heterocycles. The number of thiophene rings is 1. The summed E-state index contributed by atoms with van der Waals surface area (Å²) in [6.45, 7) is 0. The van der Waals surface area contributed by atoms with Crippen molar-refractivity contribution in [3.05, 3.63) is 72.1 Å². The van der Waals surface area contributed by atoms with Gasteiger partial charge in [-0.2, -0.15) is 21.6 Å². The van der Waals surface area contributed by atoms with Gasteiger partial charge in [0.2, 0.25) is 0 Å². The fourth-order valence-corrected chi connectivity index (χ4v) is 3.14. The van der Waals surface area contributed by atoms with E-state index in [1.54, 1.807) is 16.2 Å². The topological polar surface area (TPSA) is 107 Å². The molecule has 0 saturated carbocycles. The molecule has 0 unspecified atom stereocenters. The molecule has 3 aromatic rings. The molecule has 11 heteroatoms. The number of anilines is 2. The van der Waals surface area contributed by atoms with Crippen LogP contribution in [0.4, 0.5) is 23.9 Å². The first-order valence-electron chi connectivity index (χ1n) is 7.87. The lowest BCUT2D eigenvalue weighted by Crippen LogP contribution is -2.31. The molecule has 0 bridgehead atoms. The van der Waals surface area contributed by atoms with E-state index in [4.69, 9.17) is 24.1 Å². The summed E-state index contributed by atoms with van der Waals surface area (Å²) in [5, 5.41) is 10.9. The van der Waals surface area contributed by atoms with Crippen molar-refractivity contribution in [1.82, 2.24) is 0 Å². The molecule has 29 heavy (non-hydrogen) atoms. The summed E-state index contributed by atoms with van der Waals surface area (Å²) in [6.07, 6.45) is 0. The molecule has 0 aliphatic carbocycles. The highest BCUT2D eigenvalue weighted by molar-refractivity contribution is 7.86. The van der Waals surface area contributed by atoms with Crippen LogP contribution in [0.25, 0.3) is 11.1 Å². The summed E-state index contributed by atoms with van der Waals surface area (Å²) in [5.74, 6) is 0.0164. The average molecular weight is 443 g/mol. The smallest absolute Gasteiger partial charge is 0.369 e. The number of halogens is 3. The van der Waals surface area contributed by atoms with Gasteiger partial charge in [0.25, 0.3) is 0 Å². The van der Waals surface area contributed by atoms with Crippen molar-refractivity contribution in [3.63, 3.8) is 0 Å². The summed E-state index contributed by atoms with van der Waals surface area (Å²) in [5.41, 5.74) is 3.43. The van der Waals surface area contributed by atoms with Crippen LogP contribution in [0.2, 0.25) is 0 Å². The molecular formula is C18H16F3N3O3S2. The first-order chi connectivity index (χ1) is 13.5. The molecule has 0 atom stereocenters. The molecule has 1 heterocycles. The Bertz CT molecular complexity index is 1050. The van der Waals surface area contributed by atoms with Crippen LogP contribution in [0.3, 0.4) is 0 Å². The molecule has 1 aromatic heterocycles. The summed E-state index contributed by atoms with van der Waals surface area (Å²) in [6, 6.07) is 22.0. The number of guanidine groups is 1. The Balaban J connectivity index is 0.000000321. The van der Waals surface area contributed by atoms with Crippen molar-refractivity contribution < 1.29 is 26.1 Å². The van der Waals surface area contributed by atoms with E-state index in [2.05, 4.69) is 23.6 Å². The number of hydrogen-bond donors (Lipinski definition) is 3. The van der Waals surface area contributed by atoms with Gasteiger partial charge < -0.3 is 5.73 Å². The van der Waals surface area contributed by atoms with E-state index in [9.17, 15) is 13.2 Å². The fourth-order valence-electron chi connectivity index (χ4n) is 2.19.